The van der Waals surface area contributed by atoms with Gasteiger partial charge in [-0.05, 0) is 12.1 Å². The van der Waals surface area contributed by atoms with Gasteiger partial charge in [-0.3, -0.25) is 0 Å². The van der Waals surface area contributed by atoms with Gasteiger partial charge in [0.25, 0.3) is 0 Å². The topological polar surface area (TPSA) is 50.4 Å². The molecule has 88 valence electrons. The Bertz CT molecular complexity index is 408. The van der Waals surface area contributed by atoms with Crippen molar-refractivity contribution in [3.05, 3.63) is 29.8 Å². The second-order valence-electron chi connectivity index (χ2n) is 4.43. The highest BCUT2D eigenvalue weighted by atomic mass is 19.2. The molecule has 16 heavy (non-hydrogen) atoms. The zero-order valence-corrected chi connectivity index (χ0v) is 9.51. The van der Waals surface area contributed by atoms with E-state index < -0.39 is 11.6 Å². The number of nitrogens with two attached hydrogens (primary N) is 1. The lowest BCUT2D eigenvalue weighted by atomic mass is 9.95. The third-order valence-corrected chi connectivity index (χ3v) is 2.01. The first-order valence-corrected chi connectivity index (χ1v) is 4.86. The number of halogens is 2. The number of hydrogen-bond donors (Lipinski definition) is 2. The third kappa shape index (κ3) is 2.76. The summed E-state index contributed by atoms with van der Waals surface area (Å²) in [5.41, 5.74) is 1.96. The number of benzene rings is 1. The summed E-state index contributed by atoms with van der Waals surface area (Å²) < 4.78 is 26.3. The highest BCUT2D eigenvalue weighted by Gasteiger charge is 2.19. The van der Waals surface area contributed by atoms with Crippen molar-refractivity contribution in [1.29, 1.82) is 0 Å². The lowest BCUT2D eigenvalue weighted by Gasteiger charge is -2.20. The summed E-state index contributed by atoms with van der Waals surface area (Å²) in [6, 6.07) is 3.83. The van der Waals surface area contributed by atoms with Crippen molar-refractivity contribution in [2.75, 3.05) is 0 Å². The molecule has 1 aromatic rings. The van der Waals surface area contributed by atoms with Crippen LogP contribution in [-0.2, 0) is 0 Å². The second kappa shape index (κ2) is 4.57. The Morgan fingerprint density at radius 1 is 1.31 bits per heavy atom. The summed E-state index contributed by atoms with van der Waals surface area (Å²) >= 11 is 0. The maximum Gasteiger partial charge on any atom is 0.184 e. The van der Waals surface area contributed by atoms with Crippen LogP contribution in [0.3, 0.4) is 0 Å². The molecule has 0 radical (unpaired) electrons. The van der Waals surface area contributed by atoms with E-state index in [0.29, 0.717) is 5.84 Å². The van der Waals surface area contributed by atoms with Crippen molar-refractivity contribution < 1.29 is 8.78 Å². The molecule has 1 aromatic carbocycles. The molecule has 0 saturated carbocycles. The zero-order chi connectivity index (χ0) is 12.3. The fourth-order valence-electron chi connectivity index (χ4n) is 1.12. The molecule has 0 aliphatic carbocycles. The molecule has 0 atom stereocenters. The largest absolute Gasteiger partial charge is 0.312 e. The van der Waals surface area contributed by atoms with Crippen molar-refractivity contribution in [1.82, 2.24) is 5.43 Å². The number of nitrogens with one attached hydrogen (secondary N) is 1. The van der Waals surface area contributed by atoms with Crippen LogP contribution in [0.4, 0.5) is 14.5 Å². The molecule has 0 aliphatic rings. The first kappa shape index (κ1) is 12.6. The predicted octanol–water partition coefficient (Wildman–Crippen LogP) is 2.50. The maximum atomic E-state index is 13.3. The molecular formula is C11H15F2N3. The van der Waals surface area contributed by atoms with Gasteiger partial charge in [-0.25, -0.2) is 19.6 Å². The molecule has 0 aliphatic heterocycles. The molecule has 3 nitrogen and oxygen atoms in total. The lowest BCUT2D eigenvalue weighted by molar-refractivity contribution is 0.509. The van der Waals surface area contributed by atoms with Crippen LogP contribution in [0.1, 0.15) is 20.8 Å². The van der Waals surface area contributed by atoms with Crippen LogP contribution in [0.25, 0.3) is 0 Å². The summed E-state index contributed by atoms with van der Waals surface area (Å²) in [6.07, 6.45) is 0. The molecule has 3 N–H and O–H groups in total. The van der Waals surface area contributed by atoms with E-state index in [-0.39, 0.29) is 11.1 Å². The van der Waals surface area contributed by atoms with E-state index in [1.165, 1.54) is 12.1 Å². The predicted molar refractivity (Wildman–Crippen MR) is 60.2 cm³/mol. The fourth-order valence-corrected chi connectivity index (χ4v) is 1.12. The average Bonchev–Trinajstić information content (AvgIpc) is 2.18. The Labute approximate surface area is 93.3 Å². The van der Waals surface area contributed by atoms with Crippen LogP contribution in [0.2, 0.25) is 0 Å². The Morgan fingerprint density at radius 3 is 2.44 bits per heavy atom. The van der Waals surface area contributed by atoms with Crippen molar-refractivity contribution in [3.8, 4) is 0 Å². The van der Waals surface area contributed by atoms with E-state index >= 15 is 0 Å². The summed E-state index contributed by atoms with van der Waals surface area (Å²) in [5.74, 6) is 3.79. The number of nitrogens with zero attached hydrogens (tertiary/aromatic N) is 1. The van der Waals surface area contributed by atoms with Gasteiger partial charge in [0.1, 0.15) is 11.5 Å². The van der Waals surface area contributed by atoms with Crippen molar-refractivity contribution in [3.63, 3.8) is 0 Å². The number of hydrazine groups is 1. The molecule has 1 rings (SSSR count). The Balaban J connectivity index is 3.20. The zero-order valence-electron chi connectivity index (χ0n) is 9.51. The number of rotatable bonds is 1. The van der Waals surface area contributed by atoms with Gasteiger partial charge in [-0.1, -0.05) is 26.8 Å². The first-order chi connectivity index (χ1) is 7.36. The van der Waals surface area contributed by atoms with Gasteiger partial charge < -0.3 is 5.43 Å². The molecule has 0 bridgehead atoms. The van der Waals surface area contributed by atoms with E-state index in [1.54, 1.807) is 0 Å². The van der Waals surface area contributed by atoms with Crippen molar-refractivity contribution >= 4 is 11.5 Å². The Morgan fingerprint density at radius 2 is 1.94 bits per heavy atom. The van der Waals surface area contributed by atoms with Gasteiger partial charge in [0, 0.05) is 5.41 Å². The van der Waals surface area contributed by atoms with E-state index in [4.69, 9.17) is 5.84 Å². The van der Waals surface area contributed by atoms with Gasteiger partial charge >= 0.3 is 0 Å². The highest BCUT2D eigenvalue weighted by Crippen LogP contribution is 2.23. The van der Waals surface area contributed by atoms with E-state index in [2.05, 4.69) is 10.4 Å². The van der Waals surface area contributed by atoms with E-state index in [0.717, 1.165) is 6.07 Å². The third-order valence-electron chi connectivity index (χ3n) is 2.01. The summed E-state index contributed by atoms with van der Waals surface area (Å²) in [5, 5.41) is 0. The molecular weight excluding hydrogens is 212 g/mol. The highest BCUT2D eigenvalue weighted by molar-refractivity contribution is 5.88. The monoisotopic (exact) mass is 227 g/mol. The minimum atomic E-state index is -0.973. The molecule has 0 saturated heterocycles. The van der Waals surface area contributed by atoms with Crippen LogP contribution in [0.15, 0.2) is 23.2 Å². The standard InChI is InChI=1S/C11H15F2N3/c1-11(2,3)10(16-14)15-8-6-4-5-7(12)9(8)13/h4-6H,14H2,1-3H3,(H,15,16). The van der Waals surface area contributed by atoms with Crippen LogP contribution in [0.5, 0.6) is 0 Å². The molecule has 0 aromatic heterocycles. The molecule has 0 spiro atoms. The number of hydrogen-bond acceptors (Lipinski definition) is 2. The van der Waals surface area contributed by atoms with Gasteiger partial charge in [0.2, 0.25) is 0 Å². The van der Waals surface area contributed by atoms with Crippen LogP contribution in [0, 0.1) is 17.0 Å². The molecule has 0 fully saturated rings. The summed E-state index contributed by atoms with van der Waals surface area (Å²) in [6.45, 7) is 5.59. The number of amidine groups is 1. The lowest BCUT2D eigenvalue weighted by Crippen LogP contribution is -2.39. The van der Waals surface area contributed by atoms with Gasteiger partial charge in [0.05, 0.1) is 0 Å². The van der Waals surface area contributed by atoms with Crippen LogP contribution in [-0.4, -0.2) is 5.84 Å². The normalized spacial score (nSPS) is 12.8. The average molecular weight is 227 g/mol. The fraction of sp³-hybridized carbons (Fsp3) is 0.364. The SMILES string of the molecule is CC(C)(C)C(=Nc1cccc(F)c1F)NN. The number of aliphatic imine (C=N–C) groups is 1. The maximum absolute atomic E-state index is 13.3. The first-order valence-electron chi connectivity index (χ1n) is 4.86. The molecule has 0 unspecified atom stereocenters. The van der Waals surface area contributed by atoms with E-state index in [1.807, 2.05) is 20.8 Å². The van der Waals surface area contributed by atoms with Crippen molar-refractivity contribution in [2.45, 2.75) is 20.8 Å². The molecule has 5 heteroatoms. The quantitative estimate of drug-likeness (QED) is 0.335. The second-order valence-corrected chi connectivity index (χ2v) is 4.43. The smallest absolute Gasteiger partial charge is 0.184 e. The van der Waals surface area contributed by atoms with Gasteiger partial charge in [-0.2, -0.15) is 0 Å². The van der Waals surface area contributed by atoms with Crippen LogP contribution >= 0.6 is 0 Å². The summed E-state index contributed by atoms with van der Waals surface area (Å²) in [4.78, 5) is 3.97. The minimum Gasteiger partial charge on any atom is -0.312 e. The van der Waals surface area contributed by atoms with Gasteiger partial charge in [0.15, 0.2) is 11.6 Å². The van der Waals surface area contributed by atoms with Crippen molar-refractivity contribution in [2.24, 2.45) is 16.3 Å². The summed E-state index contributed by atoms with van der Waals surface area (Å²) in [7, 11) is 0. The van der Waals surface area contributed by atoms with Gasteiger partial charge in [-0.15, -0.1) is 0 Å². The van der Waals surface area contributed by atoms with Crippen LogP contribution < -0.4 is 11.3 Å². The minimum absolute atomic E-state index is 0.0668. The molecule has 0 heterocycles. The van der Waals surface area contributed by atoms with E-state index in [9.17, 15) is 8.78 Å². The Hall–Kier alpha value is -1.49. The Kier molecular flexibility index (Phi) is 3.59. The molecule has 0 amide bonds.